The summed E-state index contributed by atoms with van der Waals surface area (Å²) in [5, 5.41) is 14.1. The van der Waals surface area contributed by atoms with Gasteiger partial charge in [0.2, 0.25) is 0 Å². The van der Waals surface area contributed by atoms with E-state index in [2.05, 4.69) is 24.5 Å². The van der Waals surface area contributed by atoms with E-state index in [9.17, 15) is 9.59 Å². The van der Waals surface area contributed by atoms with Crippen LogP contribution >= 0.6 is 0 Å². The lowest BCUT2D eigenvalue weighted by Crippen LogP contribution is -2.30. The van der Waals surface area contributed by atoms with Crippen molar-refractivity contribution in [3.05, 3.63) is 29.8 Å². The Morgan fingerprint density at radius 3 is 2.55 bits per heavy atom. The number of hydrogen-bond acceptors (Lipinski definition) is 2. The number of benzene rings is 1. The number of amides is 2. The van der Waals surface area contributed by atoms with Gasteiger partial charge in [-0.25, -0.2) is 4.79 Å². The van der Waals surface area contributed by atoms with Crippen molar-refractivity contribution >= 4 is 17.7 Å². The van der Waals surface area contributed by atoms with E-state index in [0.717, 1.165) is 11.3 Å². The van der Waals surface area contributed by atoms with Crippen LogP contribution in [0, 0.1) is 0 Å². The van der Waals surface area contributed by atoms with Gasteiger partial charge in [-0.2, -0.15) is 0 Å². The number of urea groups is 1. The van der Waals surface area contributed by atoms with Crippen molar-refractivity contribution < 1.29 is 14.7 Å². The average Bonchev–Trinajstić information content (AvgIpc) is 2.38. The molecular weight excluding hydrogens is 256 g/mol. The summed E-state index contributed by atoms with van der Waals surface area (Å²) in [6.07, 6.45) is 1.36. The molecule has 0 spiro atoms. The zero-order valence-corrected chi connectivity index (χ0v) is 12.0. The molecule has 5 heteroatoms. The van der Waals surface area contributed by atoms with E-state index < -0.39 is 5.97 Å². The molecule has 0 saturated carbocycles. The summed E-state index contributed by atoms with van der Waals surface area (Å²) in [4.78, 5) is 22.1. The first-order valence-electron chi connectivity index (χ1n) is 6.86. The van der Waals surface area contributed by atoms with E-state index in [0.29, 0.717) is 25.3 Å². The number of carboxylic acid groups (broad SMARTS) is 1. The molecule has 0 aliphatic carbocycles. The Hall–Kier alpha value is -2.04. The molecular formula is C15H22N2O3. The van der Waals surface area contributed by atoms with Gasteiger partial charge in [-0.05, 0) is 30.4 Å². The molecule has 110 valence electrons. The molecule has 0 aliphatic heterocycles. The van der Waals surface area contributed by atoms with Gasteiger partial charge in [-0.1, -0.05) is 32.0 Å². The van der Waals surface area contributed by atoms with E-state index in [4.69, 9.17) is 5.11 Å². The second-order valence-corrected chi connectivity index (χ2v) is 4.97. The van der Waals surface area contributed by atoms with Gasteiger partial charge in [0.15, 0.2) is 0 Å². The van der Waals surface area contributed by atoms with Gasteiger partial charge in [0.05, 0.1) is 0 Å². The molecule has 1 rings (SSSR count). The molecule has 0 unspecified atom stereocenters. The summed E-state index contributed by atoms with van der Waals surface area (Å²) >= 11 is 0. The molecule has 0 heterocycles. The molecule has 0 aromatic heterocycles. The predicted molar refractivity (Wildman–Crippen MR) is 79.0 cm³/mol. The molecule has 20 heavy (non-hydrogen) atoms. The fraction of sp³-hybridized carbons (Fsp3) is 0.467. The van der Waals surface area contributed by atoms with E-state index >= 15 is 0 Å². The number of aliphatic carboxylic acids is 1. The highest BCUT2D eigenvalue weighted by atomic mass is 16.4. The highest BCUT2D eigenvalue weighted by Crippen LogP contribution is 2.23. The first-order valence-corrected chi connectivity index (χ1v) is 6.86. The Morgan fingerprint density at radius 1 is 1.20 bits per heavy atom. The molecule has 0 saturated heterocycles. The van der Waals surface area contributed by atoms with E-state index in [1.165, 1.54) is 0 Å². The Balaban J connectivity index is 2.37. The van der Waals surface area contributed by atoms with E-state index in [1.807, 2.05) is 24.3 Å². The highest BCUT2D eigenvalue weighted by Gasteiger charge is 2.08. The number of carbonyl (C=O) groups excluding carboxylic acids is 1. The lowest BCUT2D eigenvalue weighted by Gasteiger charge is -2.14. The Labute approximate surface area is 119 Å². The number of anilines is 1. The maximum Gasteiger partial charge on any atom is 0.319 e. The third-order valence-corrected chi connectivity index (χ3v) is 2.93. The fourth-order valence-corrected chi connectivity index (χ4v) is 1.88. The van der Waals surface area contributed by atoms with Crippen molar-refractivity contribution in [2.45, 2.75) is 39.0 Å². The Bertz CT molecular complexity index is 458. The molecule has 1 aromatic rings. The minimum absolute atomic E-state index is 0.138. The minimum atomic E-state index is -0.805. The smallest absolute Gasteiger partial charge is 0.319 e. The zero-order chi connectivity index (χ0) is 15.0. The van der Waals surface area contributed by atoms with Crippen LogP contribution in [0.4, 0.5) is 10.5 Å². The van der Waals surface area contributed by atoms with Gasteiger partial charge in [0, 0.05) is 18.7 Å². The summed E-state index contributed by atoms with van der Waals surface area (Å²) in [6.45, 7) is 4.62. The van der Waals surface area contributed by atoms with E-state index in [-0.39, 0.29) is 12.5 Å². The summed E-state index contributed by atoms with van der Waals surface area (Å²) in [5.41, 5.74) is 1.90. The molecule has 3 N–H and O–H groups in total. The van der Waals surface area contributed by atoms with Gasteiger partial charge >= 0.3 is 12.0 Å². The van der Waals surface area contributed by atoms with Gasteiger partial charge in [0.25, 0.3) is 0 Å². The average molecular weight is 278 g/mol. The van der Waals surface area contributed by atoms with Crippen molar-refractivity contribution in [1.29, 1.82) is 0 Å². The monoisotopic (exact) mass is 278 g/mol. The number of para-hydroxylation sites is 1. The van der Waals surface area contributed by atoms with Crippen molar-refractivity contribution in [3.8, 4) is 0 Å². The largest absolute Gasteiger partial charge is 0.481 e. The van der Waals surface area contributed by atoms with E-state index in [1.54, 1.807) is 0 Å². The first kappa shape index (κ1) is 16.0. The van der Waals surface area contributed by atoms with Crippen molar-refractivity contribution in [2.75, 3.05) is 11.9 Å². The van der Waals surface area contributed by atoms with Crippen molar-refractivity contribution in [3.63, 3.8) is 0 Å². The third-order valence-electron chi connectivity index (χ3n) is 2.93. The second-order valence-electron chi connectivity index (χ2n) is 4.97. The fourth-order valence-electron chi connectivity index (χ4n) is 1.88. The maximum atomic E-state index is 11.7. The lowest BCUT2D eigenvalue weighted by atomic mass is 10.0. The van der Waals surface area contributed by atoms with Crippen molar-refractivity contribution in [2.24, 2.45) is 0 Å². The first-order chi connectivity index (χ1) is 9.50. The van der Waals surface area contributed by atoms with Gasteiger partial charge in [-0.3, -0.25) is 4.79 Å². The van der Waals surface area contributed by atoms with Crippen LogP contribution in [0.1, 0.15) is 44.6 Å². The number of hydrogen-bond donors (Lipinski definition) is 3. The summed E-state index contributed by atoms with van der Waals surface area (Å²) in [6, 6.07) is 7.44. The van der Waals surface area contributed by atoms with Crippen LogP contribution in [-0.2, 0) is 4.79 Å². The molecule has 0 fully saturated rings. The van der Waals surface area contributed by atoms with Gasteiger partial charge in [0.1, 0.15) is 0 Å². The Morgan fingerprint density at radius 2 is 1.90 bits per heavy atom. The number of carboxylic acids is 1. The van der Waals surface area contributed by atoms with Gasteiger partial charge in [-0.15, -0.1) is 0 Å². The molecule has 1 aromatic carbocycles. The second kappa shape index (κ2) is 8.19. The SMILES string of the molecule is CC(C)c1ccccc1NC(=O)NCCCCC(=O)O. The zero-order valence-electron chi connectivity index (χ0n) is 12.0. The van der Waals surface area contributed by atoms with Crippen LogP contribution in [0.3, 0.4) is 0 Å². The number of nitrogens with one attached hydrogen (secondary N) is 2. The van der Waals surface area contributed by atoms with Crippen molar-refractivity contribution in [1.82, 2.24) is 5.32 Å². The topological polar surface area (TPSA) is 78.4 Å². The highest BCUT2D eigenvalue weighted by molar-refractivity contribution is 5.90. The minimum Gasteiger partial charge on any atom is -0.481 e. The Kier molecular flexibility index (Phi) is 6.56. The van der Waals surface area contributed by atoms with Crippen LogP contribution in [0.25, 0.3) is 0 Å². The normalized spacial score (nSPS) is 10.3. The quantitative estimate of drug-likeness (QED) is 0.670. The molecule has 0 radical (unpaired) electrons. The van der Waals surface area contributed by atoms with Crippen LogP contribution < -0.4 is 10.6 Å². The lowest BCUT2D eigenvalue weighted by molar-refractivity contribution is -0.137. The number of unbranched alkanes of at least 4 members (excludes halogenated alkanes) is 1. The molecule has 0 atom stereocenters. The third kappa shape index (κ3) is 5.73. The molecule has 2 amide bonds. The molecule has 5 nitrogen and oxygen atoms in total. The van der Waals surface area contributed by atoms with Crippen LogP contribution in [0.5, 0.6) is 0 Å². The summed E-state index contributed by atoms with van der Waals surface area (Å²) in [7, 11) is 0. The van der Waals surface area contributed by atoms with Crippen LogP contribution in [-0.4, -0.2) is 23.7 Å². The molecule has 0 bridgehead atoms. The van der Waals surface area contributed by atoms with Gasteiger partial charge < -0.3 is 15.7 Å². The maximum absolute atomic E-state index is 11.7. The summed E-state index contributed by atoms with van der Waals surface area (Å²) < 4.78 is 0. The van der Waals surface area contributed by atoms with Crippen LogP contribution in [0.15, 0.2) is 24.3 Å². The summed E-state index contributed by atoms with van der Waals surface area (Å²) in [5.74, 6) is -0.470. The number of carbonyl (C=O) groups is 2. The number of rotatable bonds is 7. The standard InChI is InChI=1S/C15H22N2O3/c1-11(2)12-7-3-4-8-13(12)17-15(20)16-10-6-5-9-14(18)19/h3-4,7-8,11H,5-6,9-10H2,1-2H3,(H,18,19)(H2,16,17,20). The molecule has 0 aliphatic rings. The predicted octanol–water partition coefficient (Wildman–Crippen LogP) is 3.19. The van der Waals surface area contributed by atoms with Crippen LogP contribution in [0.2, 0.25) is 0 Å².